The predicted molar refractivity (Wildman–Crippen MR) is 78.8 cm³/mol. The predicted octanol–water partition coefficient (Wildman–Crippen LogP) is 4.76. The summed E-state index contributed by atoms with van der Waals surface area (Å²) in [5.41, 5.74) is 1.52. The largest absolute Gasteiger partial charge is 0.312 e. The molecule has 2 heteroatoms. The minimum absolute atomic E-state index is 1.07. The van der Waals surface area contributed by atoms with Gasteiger partial charge in [-0.1, -0.05) is 46.0 Å². The molecule has 0 bridgehead atoms. The highest BCUT2D eigenvalue weighted by atomic mass is 32.1. The summed E-state index contributed by atoms with van der Waals surface area (Å²) >= 11 is 1.89. The van der Waals surface area contributed by atoms with E-state index in [9.17, 15) is 0 Å². The molecule has 0 amide bonds. The molecule has 1 heterocycles. The van der Waals surface area contributed by atoms with Gasteiger partial charge in [-0.05, 0) is 36.4 Å². The average Bonchev–Trinajstić information content (AvgIpc) is 2.80. The van der Waals surface area contributed by atoms with Gasteiger partial charge in [0.25, 0.3) is 0 Å². The highest BCUT2D eigenvalue weighted by molar-refractivity contribution is 7.10. The van der Waals surface area contributed by atoms with Crippen LogP contribution < -0.4 is 5.32 Å². The van der Waals surface area contributed by atoms with Crippen LogP contribution in [0.25, 0.3) is 0 Å². The van der Waals surface area contributed by atoms with Crippen LogP contribution in [0.15, 0.2) is 11.4 Å². The minimum atomic E-state index is 1.07. The first-order valence-electron chi connectivity index (χ1n) is 7.14. The maximum Gasteiger partial charge on any atom is 0.0302 e. The quantitative estimate of drug-likeness (QED) is 0.593. The van der Waals surface area contributed by atoms with Gasteiger partial charge in [0.05, 0.1) is 0 Å². The topological polar surface area (TPSA) is 12.0 Å². The molecule has 0 aromatic carbocycles. The van der Waals surface area contributed by atoms with Crippen molar-refractivity contribution in [2.45, 2.75) is 65.3 Å². The number of hydrogen-bond donors (Lipinski definition) is 1. The van der Waals surface area contributed by atoms with Crippen LogP contribution in [0.4, 0.5) is 0 Å². The van der Waals surface area contributed by atoms with Crippen molar-refractivity contribution in [1.82, 2.24) is 5.32 Å². The Bertz CT molecular complexity index is 280. The van der Waals surface area contributed by atoms with Gasteiger partial charge in [0.1, 0.15) is 0 Å². The number of nitrogens with one attached hydrogen (secondary N) is 1. The number of aryl methyl sites for hydroxylation is 1. The fourth-order valence-electron chi connectivity index (χ4n) is 2.07. The van der Waals surface area contributed by atoms with Crippen LogP contribution in [0.2, 0.25) is 0 Å². The fourth-order valence-corrected chi connectivity index (χ4v) is 3.02. The van der Waals surface area contributed by atoms with Crippen LogP contribution in [-0.4, -0.2) is 6.54 Å². The standard InChI is InChI=1S/C15H27NS/c1-3-5-6-7-8-9-11-16-13-15-14(4-2)10-12-17-15/h10,12,16H,3-9,11,13H2,1-2H3. The van der Waals surface area contributed by atoms with Crippen molar-refractivity contribution in [3.63, 3.8) is 0 Å². The molecule has 1 rings (SSSR count). The summed E-state index contributed by atoms with van der Waals surface area (Å²) in [6.07, 6.45) is 9.46. The average molecular weight is 253 g/mol. The Hall–Kier alpha value is -0.340. The van der Waals surface area contributed by atoms with Crippen LogP contribution in [0.3, 0.4) is 0 Å². The number of hydrogen-bond acceptors (Lipinski definition) is 2. The fraction of sp³-hybridized carbons (Fsp3) is 0.733. The summed E-state index contributed by atoms with van der Waals surface area (Å²) in [7, 11) is 0. The van der Waals surface area contributed by atoms with Crippen molar-refractivity contribution < 1.29 is 0 Å². The lowest BCUT2D eigenvalue weighted by atomic mass is 10.1. The van der Waals surface area contributed by atoms with Gasteiger partial charge in [-0.3, -0.25) is 0 Å². The molecule has 0 aliphatic carbocycles. The summed E-state index contributed by atoms with van der Waals surface area (Å²) < 4.78 is 0. The zero-order chi connectivity index (χ0) is 12.3. The summed E-state index contributed by atoms with van der Waals surface area (Å²) in [5.74, 6) is 0. The zero-order valence-corrected chi connectivity index (χ0v) is 12.2. The summed E-state index contributed by atoms with van der Waals surface area (Å²) in [6, 6.07) is 2.26. The molecule has 0 saturated carbocycles. The maximum absolute atomic E-state index is 3.56. The van der Waals surface area contributed by atoms with Gasteiger partial charge in [-0.25, -0.2) is 0 Å². The molecule has 98 valence electrons. The van der Waals surface area contributed by atoms with E-state index >= 15 is 0 Å². The van der Waals surface area contributed by atoms with Crippen LogP contribution in [0.5, 0.6) is 0 Å². The molecule has 0 fully saturated rings. The number of unbranched alkanes of at least 4 members (excludes halogenated alkanes) is 5. The van der Waals surface area contributed by atoms with E-state index in [1.54, 1.807) is 0 Å². The SMILES string of the molecule is CCCCCCCCNCc1sccc1CC. The molecule has 0 aliphatic heterocycles. The molecule has 1 aromatic heterocycles. The Morgan fingerprint density at radius 3 is 2.59 bits per heavy atom. The smallest absolute Gasteiger partial charge is 0.0302 e. The number of rotatable bonds is 10. The Morgan fingerprint density at radius 1 is 1.06 bits per heavy atom. The van der Waals surface area contributed by atoms with Crippen molar-refractivity contribution in [1.29, 1.82) is 0 Å². The lowest BCUT2D eigenvalue weighted by molar-refractivity contribution is 0.573. The maximum atomic E-state index is 3.56. The van der Waals surface area contributed by atoms with E-state index in [0.717, 1.165) is 13.0 Å². The molecule has 0 spiro atoms. The summed E-state index contributed by atoms with van der Waals surface area (Å²) in [6.45, 7) is 6.75. The van der Waals surface area contributed by atoms with Gasteiger partial charge in [-0.15, -0.1) is 11.3 Å². The van der Waals surface area contributed by atoms with Crippen molar-refractivity contribution in [3.8, 4) is 0 Å². The van der Waals surface area contributed by atoms with Gasteiger partial charge in [-0.2, -0.15) is 0 Å². The van der Waals surface area contributed by atoms with Crippen molar-refractivity contribution in [2.75, 3.05) is 6.54 Å². The molecule has 0 aliphatic rings. The van der Waals surface area contributed by atoms with E-state index in [-0.39, 0.29) is 0 Å². The van der Waals surface area contributed by atoms with Gasteiger partial charge in [0.2, 0.25) is 0 Å². The molecule has 1 N–H and O–H groups in total. The monoisotopic (exact) mass is 253 g/mol. The van der Waals surface area contributed by atoms with Crippen LogP contribution >= 0.6 is 11.3 Å². The highest BCUT2D eigenvalue weighted by Gasteiger charge is 2.00. The van der Waals surface area contributed by atoms with Crippen LogP contribution in [-0.2, 0) is 13.0 Å². The Balaban J connectivity index is 1.97. The van der Waals surface area contributed by atoms with E-state index in [0.29, 0.717) is 0 Å². The zero-order valence-electron chi connectivity index (χ0n) is 11.4. The molecule has 1 nitrogen and oxygen atoms in total. The number of thiophene rings is 1. The van der Waals surface area contributed by atoms with E-state index in [1.165, 1.54) is 55.5 Å². The van der Waals surface area contributed by atoms with Gasteiger partial charge >= 0.3 is 0 Å². The van der Waals surface area contributed by atoms with E-state index < -0.39 is 0 Å². The summed E-state index contributed by atoms with van der Waals surface area (Å²) in [4.78, 5) is 1.53. The minimum Gasteiger partial charge on any atom is -0.312 e. The van der Waals surface area contributed by atoms with Gasteiger partial charge < -0.3 is 5.32 Å². The first kappa shape index (κ1) is 14.7. The van der Waals surface area contributed by atoms with E-state index in [2.05, 4.69) is 30.6 Å². The normalized spacial score (nSPS) is 10.9. The molecule has 17 heavy (non-hydrogen) atoms. The third-order valence-corrected chi connectivity index (χ3v) is 4.17. The molecule has 0 unspecified atom stereocenters. The first-order valence-corrected chi connectivity index (χ1v) is 8.02. The van der Waals surface area contributed by atoms with Crippen LogP contribution in [0.1, 0.15) is 62.8 Å². The van der Waals surface area contributed by atoms with Gasteiger partial charge in [0.15, 0.2) is 0 Å². The lowest BCUT2D eigenvalue weighted by Crippen LogP contribution is -2.14. The third kappa shape index (κ3) is 6.23. The van der Waals surface area contributed by atoms with Crippen LogP contribution in [0, 0.1) is 0 Å². The molecule has 1 aromatic rings. The molecule has 0 saturated heterocycles. The molecular formula is C15H27NS. The molecule has 0 atom stereocenters. The third-order valence-electron chi connectivity index (χ3n) is 3.21. The highest BCUT2D eigenvalue weighted by Crippen LogP contribution is 2.16. The molecular weight excluding hydrogens is 226 g/mol. The lowest BCUT2D eigenvalue weighted by Gasteiger charge is -2.05. The Kier molecular flexibility index (Phi) is 8.37. The van der Waals surface area contributed by atoms with E-state index in [1.807, 2.05) is 11.3 Å². The summed E-state index contributed by atoms with van der Waals surface area (Å²) in [5, 5.41) is 5.77. The Morgan fingerprint density at radius 2 is 1.82 bits per heavy atom. The van der Waals surface area contributed by atoms with Crippen molar-refractivity contribution in [3.05, 3.63) is 21.9 Å². The second kappa shape index (κ2) is 9.67. The first-order chi connectivity index (χ1) is 8.38. The van der Waals surface area contributed by atoms with E-state index in [4.69, 9.17) is 0 Å². The second-order valence-electron chi connectivity index (χ2n) is 4.67. The van der Waals surface area contributed by atoms with Crippen molar-refractivity contribution in [2.24, 2.45) is 0 Å². The molecule has 0 radical (unpaired) electrons. The second-order valence-corrected chi connectivity index (χ2v) is 5.67. The van der Waals surface area contributed by atoms with Crippen molar-refractivity contribution >= 4 is 11.3 Å². The van der Waals surface area contributed by atoms with Gasteiger partial charge in [0, 0.05) is 11.4 Å². The Labute approximate surface area is 111 Å².